The van der Waals surface area contributed by atoms with E-state index in [2.05, 4.69) is 50.0 Å². The van der Waals surface area contributed by atoms with Crippen molar-refractivity contribution in [3.63, 3.8) is 0 Å². The molecule has 1 N–H and O–H groups in total. The smallest absolute Gasteiger partial charge is 0.128 e. The quantitative estimate of drug-likeness (QED) is 0.571. The number of nitrogens with zero attached hydrogens (tertiary/aromatic N) is 1. The molecule has 4 heteroatoms. The van der Waals surface area contributed by atoms with Crippen molar-refractivity contribution in [2.24, 2.45) is 0 Å². The van der Waals surface area contributed by atoms with E-state index in [0.717, 1.165) is 50.2 Å². The van der Waals surface area contributed by atoms with Gasteiger partial charge in [-0.05, 0) is 74.4 Å². The largest absolute Gasteiger partial charge is 0.381 e. The van der Waals surface area contributed by atoms with Crippen LogP contribution in [-0.4, -0.2) is 25.8 Å². The molecule has 0 atom stereocenters. The van der Waals surface area contributed by atoms with E-state index in [4.69, 9.17) is 4.74 Å². The molecule has 1 aliphatic heterocycles. The van der Waals surface area contributed by atoms with Crippen molar-refractivity contribution in [3.8, 4) is 0 Å². The van der Waals surface area contributed by atoms with E-state index in [1.807, 2.05) is 12.1 Å². The Morgan fingerprint density at radius 2 is 1.97 bits per heavy atom. The third-order valence-corrected chi connectivity index (χ3v) is 5.68. The molecule has 0 radical (unpaired) electrons. The van der Waals surface area contributed by atoms with E-state index in [0.29, 0.717) is 6.54 Å². The minimum atomic E-state index is -0.115. The predicted molar refractivity (Wildman–Crippen MR) is 121 cm³/mol. The van der Waals surface area contributed by atoms with Crippen LogP contribution in [-0.2, 0) is 24.1 Å². The standard InChI is InChI=1S/C25H35FN2O/c1-5-7-20-11-12-23(16-24(20)26)27-17-22-10-9-21-8-6-13-28(25(21)19(22)4)14-15-29-18(2)3/h9-12,16,18,27H,5-8,13-15,17H2,1-4H3. The molecule has 0 saturated heterocycles. The molecule has 3 nitrogen and oxygen atoms in total. The zero-order valence-electron chi connectivity index (χ0n) is 18.4. The average molecular weight is 399 g/mol. The lowest BCUT2D eigenvalue weighted by Crippen LogP contribution is -2.34. The van der Waals surface area contributed by atoms with Gasteiger partial charge in [-0.25, -0.2) is 4.39 Å². The van der Waals surface area contributed by atoms with Crippen LogP contribution in [0.25, 0.3) is 0 Å². The van der Waals surface area contributed by atoms with Crippen LogP contribution in [0.3, 0.4) is 0 Å². The summed E-state index contributed by atoms with van der Waals surface area (Å²) < 4.78 is 20.0. The number of anilines is 2. The van der Waals surface area contributed by atoms with Crippen LogP contribution < -0.4 is 10.2 Å². The monoisotopic (exact) mass is 398 g/mol. The summed E-state index contributed by atoms with van der Waals surface area (Å²) in [5.41, 5.74) is 7.01. The summed E-state index contributed by atoms with van der Waals surface area (Å²) in [4.78, 5) is 2.47. The second-order valence-electron chi connectivity index (χ2n) is 8.28. The van der Waals surface area contributed by atoms with E-state index in [-0.39, 0.29) is 11.9 Å². The van der Waals surface area contributed by atoms with Crippen molar-refractivity contribution < 1.29 is 9.13 Å². The summed E-state index contributed by atoms with van der Waals surface area (Å²) in [6.07, 6.45) is 4.33. The van der Waals surface area contributed by atoms with Crippen LogP contribution in [0.1, 0.15) is 55.9 Å². The minimum absolute atomic E-state index is 0.115. The van der Waals surface area contributed by atoms with Gasteiger partial charge in [-0.15, -0.1) is 0 Å². The molecule has 2 aromatic carbocycles. The van der Waals surface area contributed by atoms with Crippen molar-refractivity contribution in [1.29, 1.82) is 0 Å². The van der Waals surface area contributed by atoms with Crippen molar-refractivity contribution in [2.45, 2.75) is 66.0 Å². The molecule has 0 aromatic heterocycles. The molecule has 0 bridgehead atoms. The fourth-order valence-electron chi connectivity index (χ4n) is 4.15. The van der Waals surface area contributed by atoms with Gasteiger partial charge in [0, 0.05) is 31.0 Å². The number of hydrogen-bond acceptors (Lipinski definition) is 3. The van der Waals surface area contributed by atoms with Gasteiger partial charge in [-0.2, -0.15) is 0 Å². The topological polar surface area (TPSA) is 24.5 Å². The maximum Gasteiger partial charge on any atom is 0.128 e. The molecule has 0 saturated carbocycles. The van der Waals surface area contributed by atoms with Gasteiger partial charge in [-0.3, -0.25) is 0 Å². The first-order chi connectivity index (χ1) is 14.0. The minimum Gasteiger partial charge on any atom is -0.381 e. The predicted octanol–water partition coefficient (Wildman–Crippen LogP) is 5.88. The van der Waals surface area contributed by atoms with Crippen LogP contribution in [0.15, 0.2) is 30.3 Å². The number of aryl methyl sites for hydroxylation is 2. The highest BCUT2D eigenvalue weighted by molar-refractivity contribution is 5.64. The molecule has 29 heavy (non-hydrogen) atoms. The highest BCUT2D eigenvalue weighted by Crippen LogP contribution is 2.33. The first-order valence-corrected chi connectivity index (χ1v) is 11.0. The lowest BCUT2D eigenvalue weighted by molar-refractivity contribution is 0.0839. The summed E-state index contributed by atoms with van der Waals surface area (Å²) >= 11 is 0. The molecule has 0 amide bonds. The fourth-order valence-corrected chi connectivity index (χ4v) is 4.15. The molecule has 158 valence electrons. The maximum atomic E-state index is 14.2. The SMILES string of the molecule is CCCc1ccc(NCc2ccc3c(c2C)N(CCOC(C)C)CCC3)cc1F. The molecule has 0 fully saturated rings. The normalized spacial score (nSPS) is 13.7. The Morgan fingerprint density at radius 1 is 1.17 bits per heavy atom. The van der Waals surface area contributed by atoms with Gasteiger partial charge >= 0.3 is 0 Å². The van der Waals surface area contributed by atoms with E-state index in [9.17, 15) is 4.39 Å². The zero-order valence-corrected chi connectivity index (χ0v) is 18.4. The van der Waals surface area contributed by atoms with E-state index in [1.54, 1.807) is 6.07 Å². The molecule has 1 aliphatic rings. The lowest BCUT2D eigenvalue weighted by atomic mass is 9.94. The second kappa shape index (κ2) is 10.1. The van der Waals surface area contributed by atoms with Crippen LogP contribution in [0.2, 0.25) is 0 Å². The molecule has 0 unspecified atom stereocenters. The number of nitrogens with one attached hydrogen (secondary N) is 1. The number of rotatable bonds is 9. The first-order valence-electron chi connectivity index (χ1n) is 11.0. The summed E-state index contributed by atoms with van der Waals surface area (Å²) in [7, 11) is 0. The van der Waals surface area contributed by atoms with Gasteiger partial charge in [-0.1, -0.05) is 31.5 Å². The molecular weight excluding hydrogens is 363 g/mol. The molecule has 2 aromatic rings. The van der Waals surface area contributed by atoms with Gasteiger partial charge in [0.1, 0.15) is 5.82 Å². The summed E-state index contributed by atoms with van der Waals surface area (Å²) in [5.74, 6) is -0.115. The van der Waals surface area contributed by atoms with Crippen molar-refractivity contribution >= 4 is 11.4 Å². The highest BCUT2D eigenvalue weighted by Gasteiger charge is 2.20. The lowest BCUT2D eigenvalue weighted by Gasteiger charge is -2.34. The van der Waals surface area contributed by atoms with Crippen LogP contribution in [0.4, 0.5) is 15.8 Å². The number of ether oxygens (including phenoxy) is 1. The van der Waals surface area contributed by atoms with Crippen LogP contribution in [0, 0.1) is 12.7 Å². The summed E-state index contributed by atoms with van der Waals surface area (Å²) in [6.45, 7) is 11.9. The van der Waals surface area contributed by atoms with Crippen molar-refractivity contribution in [3.05, 3.63) is 58.4 Å². The Balaban J connectivity index is 1.72. The van der Waals surface area contributed by atoms with E-state index in [1.165, 1.54) is 28.8 Å². The Morgan fingerprint density at radius 3 is 2.69 bits per heavy atom. The molecule has 3 rings (SSSR count). The number of benzene rings is 2. The van der Waals surface area contributed by atoms with Gasteiger partial charge in [0.2, 0.25) is 0 Å². The first kappa shape index (κ1) is 21.6. The van der Waals surface area contributed by atoms with Gasteiger partial charge in [0.15, 0.2) is 0 Å². The third kappa shape index (κ3) is 5.51. The number of hydrogen-bond donors (Lipinski definition) is 1. The van der Waals surface area contributed by atoms with Crippen molar-refractivity contribution in [2.75, 3.05) is 29.9 Å². The van der Waals surface area contributed by atoms with Gasteiger partial charge < -0.3 is 15.0 Å². The van der Waals surface area contributed by atoms with E-state index >= 15 is 0 Å². The van der Waals surface area contributed by atoms with Gasteiger partial charge in [0.05, 0.1) is 12.7 Å². The molecule has 0 aliphatic carbocycles. The molecular formula is C25H35FN2O. The van der Waals surface area contributed by atoms with Crippen LogP contribution in [0.5, 0.6) is 0 Å². The maximum absolute atomic E-state index is 14.2. The zero-order chi connectivity index (χ0) is 20.8. The Bertz CT molecular complexity index is 819. The molecule has 1 heterocycles. The highest BCUT2D eigenvalue weighted by atomic mass is 19.1. The summed E-state index contributed by atoms with van der Waals surface area (Å²) in [5, 5.41) is 3.41. The third-order valence-electron chi connectivity index (χ3n) is 5.68. The number of halogens is 1. The molecule has 0 spiro atoms. The number of fused-ring (bicyclic) bond motifs is 1. The van der Waals surface area contributed by atoms with E-state index < -0.39 is 0 Å². The second-order valence-corrected chi connectivity index (χ2v) is 8.28. The Labute approximate surface area is 175 Å². The van der Waals surface area contributed by atoms with Crippen molar-refractivity contribution in [1.82, 2.24) is 0 Å². The summed E-state index contributed by atoms with van der Waals surface area (Å²) in [6, 6.07) is 9.99. The van der Waals surface area contributed by atoms with Gasteiger partial charge in [0.25, 0.3) is 0 Å². The van der Waals surface area contributed by atoms with Crippen LogP contribution >= 0.6 is 0 Å². The fraction of sp³-hybridized carbons (Fsp3) is 0.520. The Hall–Kier alpha value is -2.07. The Kier molecular flexibility index (Phi) is 7.54. The average Bonchev–Trinajstić information content (AvgIpc) is 2.69.